The van der Waals surface area contributed by atoms with E-state index in [1.807, 2.05) is 19.0 Å². The van der Waals surface area contributed by atoms with E-state index in [9.17, 15) is 18.6 Å². The summed E-state index contributed by atoms with van der Waals surface area (Å²) >= 11 is 0. The van der Waals surface area contributed by atoms with Crippen molar-refractivity contribution in [3.05, 3.63) is 24.3 Å². The highest BCUT2D eigenvalue weighted by Gasteiger charge is 2.45. The second kappa shape index (κ2) is 6.76. The molecule has 1 unspecified atom stereocenters. The van der Waals surface area contributed by atoms with Gasteiger partial charge in [-0.2, -0.15) is 0 Å². The van der Waals surface area contributed by atoms with Crippen LogP contribution in [0.5, 0.6) is 5.75 Å². The van der Waals surface area contributed by atoms with Crippen LogP contribution in [0, 0.1) is 5.41 Å². The van der Waals surface area contributed by atoms with Crippen LogP contribution >= 0.6 is 0 Å². The summed E-state index contributed by atoms with van der Waals surface area (Å²) in [6, 6.07) is 6.28. The average molecular weight is 343 g/mol. The summed E-state index contributed by atoms with van der Waals surface area (Å²) in [5.74, 6) is 0.575. The second-order valence-corrected chi connectivity index (χ2v) is 8.83. The van der Waals surface area contributed by atoms with Crippen molar-refractivity contribution in [2.45, 2.75) is 29.9 Å². The first-order valence-electron chi connectivity index (χ1n) is 7.55. The number of aliphatic hydroxyl groups is 2. The molecule has 0 amide bonds. The van der Waals surface area contributed by atoms with Gasteiger partial charge in [0.1, 0.15) is 5.75 Å². The van der Waals surface area contributed by atoms with Gasteiger partial charge in [0.2, 0.25) is 0 Å². The summed E-state index contributed by atoms with van der Waals surface area (Å²) in [6.45, 7) is 1.06. The number of ether oxygens (including phenoxy) is 1. The topological polar surface area (TPSA) is 87.1 Å². The highest BCUT2D eigenvalue weighted by atomic mass is 32.2. The highest BCUT2D eigenvalue weighted by molar-refractivity contribution is 7.90. The van der Waals surface area contributed by atoms with Crippen molar-refractivity contribution in [3.8, 4) is 5.75 Å². The van der Waals surface area contributed by atoms with Gasteiger partial charge in [0, 0.05) is 18.2 Å². The molecule has 0 saturated heterocycles. The molecule has 0 heterocycles. The van der Waals surface area contributed by atoms with Gasteiger partial charge < -0.3 is 19.8 Å². The first-order valence-corrected chi connectivity index (χ1v) is 9.44. The van der Waals surface area contributed by atoms with E-state index in [2.05, 4.69) is 0 Å². The van der Waals surface area contributed by atoms with E-state index in [4.69, 9.17) is 4.74 Å². The zero-order valence-corrected chi connectivity index (χ0v) is 14.6. The van der Waals surface area contributed by atoms with E-state index >= 15 is 0 Å². The predicted octanol–water partition coefficient (Wildman–Crippen LogP) is 0.532. The zero-order chi connectivity index (χ0) is 17.3. The minimum absolute atomic E-state index is 0.250. The van der Waals surface area contributed by atoms with Crippen molar-refractivity contribution in [1.29, 1.82) is 0 Å². The SMILES string of the molecule is CN(C)CC1(COc2ccc(S(C)(=O)=O)cc2)C[C@@H](O)[C@@H](O)C1. The van der Waals surface area contributed by atoms with Gasteiger partial charge in [0.05, 0.1) is 23.7 Å². The number of aliphatic hydroxyl groups excluding tert-OH is 2. The summed E-state index contributed by atoms with van der Waals surface area (Å²) in [4.78, 5) is 2.26. The number of hydrogen-bond donors (Lipinski definition) is 2. The van der Waals surface area contributed by atoms with Gasteiger partial charge in [-0.15, -0.1) is 0 Å². The Balaban J connectivity index is 2.07. The van der Waals surface area contributed by atoms with Crippen molar-refractivity contribution in [2.75, 3.05) is 33.5 Å². The largest absolute Gasteiger partial charge is 0.493 e. The molecule has 1 aliphatic carbocycles. The molecule has 2 N–H and O–H groups in total. The summed E-state index contributed by atoms with van der Waals surface area (Å²) in [5.41, 5.74) is -0.322. The van der Waals surface area contributed by atoms with E-state index in [1.54, 1.807) is 12.1 Å². The summed E-state index contributed by atoms with van der Waals surface area (Å²) in [5, 5.41) is 19.8. The van der Waals surface area contributed by atoms with Gasteiger partial charge in [0.25, 0.3) is 0 Å². The lowest BCUT2D eigenvalue weighted by Crippen LogP contribution is -2.37. The molecule has 1 saturated carbocycles. The molecule has 2 rings (SSSR count). The molecule has 1 aliphatic rings. The third-order valence-corrected chi connectivity index (χ3v) is 5.31. The van der Waals surface area contributed by atoms with E-state index in [-0.39, 0.29) is 10.3 Å². The van der Waals surface area contributed by atoms with E-state index < -0.39 is 22.0 Å². The lowest BCUT2D eigenvalue weighted by Gasteiger charge is -2.31. The molecule has 6 nitrogen and oxygen atoms in total. The Morgan fingerprint density at radius 2 is 1.70 bits per heavy atom. The van der Waals surface area contributed by atoms with Crippen LogP contribution in [0.4, 0.5) is 0 Å². The third kappa shape index (κ3) is 4.67. The number of benzene rings is 1. The van der Waals surface area contributed by atoms with Gasteiger partial charge in [-0.1, -0.05) is 0 Å². The molecule has 7 heteroatoms. The van der Waals surface area contributed by atoms with Crippen LogP contribution in [0.1, 0.15) is 12.8 Å². The van der Waals surface area contributed by atoms with E-state index in [1.165, 1.54) is 12.1 Å². The molecule has 0 bridgehead atoms. The molecular formula is C16H25NO5S. The zero-order valence-electron chi connectivity index (χ0n) is 13.8. The predicted molar refractivity (Wildman–Crippen MR) is 87.3 cm³/mol. The molecule has 0 aromatic heterocycles. The molecule has 1 aromatic carbocycles. The number of hydrogen-bond acceptors (Lipinski definition) is 6. The van der Waals surface area contributed by atoms with Crippen LogP contribution in [0.2, 0.25) is 0 Å². The van der Waals surface area contributed by atoms with Crippen molar-refractivity contribution in [2.24, 2.45) is 5.41 Å². The minimum Gasteiger partial charge on any atom is -0.493 e. The van der Waals surface area contributed by atoms with Crippen LogP contribution in [0.25, 0.3) is 0 Å². The summed E-state index contributed by atoms with van der Waals surface area (Å²) < 4.78 is 28.7. The van der Waals surface area contributed by atoms with Gasteiger partial charge in [0.15, 0.2) is 9.84 Å². The van der Waals surface area contributed by atoms with Gasteiger partial charge in [-0.3, -0.25) is 0 Å². The van der Waals surface area contributed by atoms with E-state index in [0.29, 0.717) is 31.7 Å². The van der Waals surface area contributed by atoms with Crippen LogP contribution in [-0.2, 0) is 9.84 Å². The fourth-order valence-corrected chi connectivity index (χ4v) is 3.86. The molecule has 0 radical (unpaired) electrons. The Hall–Kier alpha value is -1.15. The lowest BCUT2D eigenvalue weighted by molar-refractivity contribution is 0.0438. The van der Waals surface area contributed by atoms with Gasteiger partial charge in [-0.05, 0) is 51.2 Å². The maximum Gasteiger partial charge on any atom is 0.175 e. The van der Waals surface area contributed by atoms with Gasteiger partial charge >= 0.3 is 0 Å². The second-order valence-electron chi connectivity index (χ2n) is 6.81. The van der Waals surface area contributed by atoms with Crippen LogP contribution in [-0.4, -0.2) is 69.2 Å². The van der Waals surface area contributed by atoms with E-state index in [0.717, 1.165) is 6.26 Å². The molecule has 1 aromatic rings. The Kier molecular flexibility index (Phi) is 5.35. The quantitative estimate of drug-likeness (QED) is 0.784. The highest BCUT2D eigenvalue weighted by Crippen LogP contribution is 2.39. The molecule has 23 heavy (non-hydrogen) atoms. The summed E-state index contributed by atoms with van der Waals surface area (Å²) in [7, 11) is 0.667. The Labute approximate surface area is 137 Å². The van der Waals surface area contributed by atoms with Crippen LogP contribution < -0.4 is 4.74 Å². The van der Waals surface area contributed by atoms with Crippen LogP contribution in [0.15, 0.2) is 29.2 Å². The van der Waals surface area contributed by atoms with Crippen molar-refractivity contribution >= 4 is 9.84 Å². The fourth-order valence-electron chi connectivity index (χ4n) is 3.23. The normalized spacial score (nSPS) is 28.3. The van der Waals surface area contributed by atoms with Crippen molar-refractivity contribution in [1.82, 2.24) is 4.90 Å². The fraction of sp³-hybridized carbons (Fsp3) is 0.625. The molecule has 1 fully saturated rings. The molecule has 0 aliphatic heterocycles. The average Bonchev–Trinajstić information content (AvgIpc) is 2.70. The Morgan fingerprint density at radius 3 is 2.13 bits per heavy atom. The number of nitrogens with zero attached hydrogens (tertiary/aromatic N) is 1. The first-order chi connectivity index (χ1) is 10.6. The smallest absolute Gasteiger partial charge is 0.175 e. The summed E-state index contributed by atoms with van der Waals surface area (Å²) in [6.07, 6.45) is 0.662. The number of sulfone groups is 1. The standard InChI is InChI=1S/C16H25NO5S/c1-17(2)10-16(8-14(18)15(19)9-16)11-22-12-4-6-13(7-5-12)23(3,20)21/h4-7,14-15,18-19H,8-11H2,1-3H3/t14-,15+,16?. The van der Waals surface area contributed by atoms with Gasteiger partial charge in [-0.25, -0.2) is 8.42 Å². The molecule has 3 atom stereocenters. The Morgan fingerprint density at radius 1 is 1.17 bits per heavy atom. The number of rotatable bonds is 6. The van der Waals surface area contributed by atoms with Crippen LogP contribution in [0.3, 0.4) is 0 Å². The minimum atomic E-state index is -3.22. The van der Waals surface area contributed by atoms with Crippen molar-refractivity contribution in [3.63, 3.8) is 0 Å². The first kappa shape index (κ1) is 18.2. The molecule has 130 valence electrons. The lowest BCUT2D eigenvalue weighted by atomic mass is 9.86. The monoisotopic (exact) mass is 343 g/mol. The third-order valence-electron chi connectivity index (χ3n) is 4.18. The Bertz CT molecular complexity index is 611. The maximum absolute atomic E-state index is 11.5. The molecule has 0 spiro atoms. The molecular weight excluding hydrogens is 318 g/mol. The maximum atomic E-state index is 11.5. The van der Waals surface area contributed by atoms with Crippen molar-refractivity contribution < 1.29 is 23.4 Å².